The summed E-state index contributed by atoms with van der Waals surface area (Å²) in [4.78, 5) is 3.36. The molecule has 0 spiro atoms. The van der Waals surface area contributed by atoms with Crippen molar-refractivity contribution in [1.82, 2.24) is 10.3 Å². The van der Waals surface area contributed by atoms with Gasteiger partial charge in [0.2, 0.25) is 0 Å². The van der Waals surface area contributed by atoms with E-state index in [2.05, 4.69) is 23.4 Å². The van der Waals surface area contributed by atoms with Gasteiger partial charge in [-0.15, -0.1) is 0 Å². The van der Waals surface area contributed by atoms with Crippen molar-refractivity contribution in [1.29, 1.82) is 0 Å². The van der Waals surface area contributed by atoms with E-state index in [1.165, 1.54) is 24.1 Å². The summed E-state index contributed by atoms with van der Waals surface area (Å²) in [6.07, 6.45) is 4.64. The summed E-state index contributed by atoms with van der Waals surface area (Å²) in [6, 6.07) is 0. The molecule has 0 fully saturated rings. The van der Waals surface area contributed by atoms with Crippen molar-refractivity contribution in [2.45, 2.75) is 26.3 Å². The average Bonchev–Trinajstić information content (AvgIpc) is 2.52. The summed E-state index contributed by atoms with van der Waals surface area (Å²) in [7, 11) is 2.00. The molecular formula is C10H16N2. The van der Waals surface area contributed by atoms with Gasteiger partial charge in [-0.25, -0.2) is 0 Å². The lowest BCUT2D eigenvalue weighted by Gasteiger charge is -2.00. The molecule has 0 saturated heterocycles. The van der Waals surface area contributed by atoms with Gasteiger partial charge in [0.15, 0.2) is 0 Å². The Bertz CT molecular complexity index is 275. The number of H-pyrrole nitrogens is 1. The molecule has 1 heterocycles. The molecule has 2 nitrogen and oxygen atoms in total. The molecule has 0 amide bonds. The van der Waals surface area contributed by atoms with Gasteiger partial charge in [0.05, 0.1) is 0 Å². The van der Waals surface area contributed by atoms with Crippen LogP contribution in [0.25, 0.3) is 0 Å². The first kappa shape index (κ1) is 7.87. The molecule has 2 N–H and O–H groups in total. The number of aromatic nitrogens is 1. The maximum Gasteiger partial charge on any atom is 0.0220 e. The van der Waals surface area contributed by atoms with Gasteiger partial charge in [-0.1, -0.05) is 6.92 Å². The fraction of sp³-hybridized carbons (Fsp3) is 0.600. The molecule has 1 atom stereocenters. The van der Waals surface area contributed by atoms with Crippen LogP contribution in [0.5, 0.6) is 0 Å². The lowest BCUT2D eigenvalue weighted by atomic mass is 10.1. The number of hydrogen-bond acceptors (Lipinski definition) is 1. The Morgan fingerprint density at radius 3 is 3.17 bits per heavy atom. The third kappa shape index (κ3) is 1.16. The Morgan fingerprint density at radius 2 is 2.42 bits per heavy atom. The van der Waals surface area contributed by atoms with Crippen molar-refractivity contribution < 1.29 is 0 Å². The van der Waals surface area contributed by atoms with Gasteiger partial charge in [-0.05, 0) is 36.9 Å². The van der Waals surface area contributed by atoms with E-state index in [4.69, 9.17) is 0 Å². The van der Waals surface area contributed by atoms with E-state index in [9.17, 15) is 0 Å². The molecule has 1 aliphatic carbocycles. The highest BCUT2D eigenvalue weighted by atomic mass is 14.8. The molecule has 0 aromatic carbocycles. The van der Waals surface area contributed by atoms with Crippen molar-refractivity contribution in [2.75, 3.05) is 7.05 Å². The maximum atomic E-state index is 3.36. The van der Waals surface area contributed by atoms with Gasteiger partial charge in [-0.3, -0.25) is 0 Å². The predicted molar refractivity (Wildman–Crippen MR) is 50.1 cm³/mol. The minimum atomic E-state index is 0.836. The third-order valence-electron chi connectivity index (χ3n) is 2.64. The van der Waals surface area contributed by atoms with Crippen LogP contribution in [0.2, 0.25) is 0 Å². The molecule has 1 aromatic rings. The highest BCUT2D eigenvalue weighted by molar-refractivity contribution is 5.35. The van der Waals surface area contributed by atoms with Crippen molar-refractivity contribution in [3.05, 3.63) is 23.0 Å². The Hall–Kier alpha value is -0.760. The van der Waals surface area contributed by atoms with Crippen molar-refractivity contribution in [2.24, 2.45) is 5.92 Å². The molecule has 1 aromatic heterocycles. The quantitative estimate of drug-likeness (QED) is 0.680. The maximum absolute atomic E-state index is 3.36. The predicted octanol–water partition coefficient (Wildman–Crippen LogP) is 1.47. The summed E-state index contributed by atoms with van der Waals surface area (Å²) in [6.45, 7) is 3.32. The standard InChI is InChI=1S/C10H16N2/c1-7-3-9-8(5-11-2)6-12-10(9)4-7/h6-7,11-12H,3-5H2,1-2H3. The number of rotatable bonds is 2. The lowest BCUT2D eigenvalue weighted by molar-refractivity contribution is 0.618. The smallest absolute Gasteiger partial charge is 0.0220 e. The van der Waals surface area contributed by atoms with Crippen LogP contribution in [0, 0.1) is 5.92 Å². The highest BCUT2D eigenvalue weighted by Gasteiger charge is 2.21. The molecule has 0 radical (unpaired) electrons. The monoisotopic (exact) mass is 164 g/mol. The van der Waals surface area contributed by atoms with Gasteiger partial charge < -0.3 is 10.3 Å². The second kappa shape index (κ2) is 2.94. The molecule has 0 bridgehead atoms. The van der Waals surface area contributed by atoms with Crippen molar-refractivity contribution in [3.8, 4) is 0 Å². The van der Waals surface area contributed by atoms with Gasteiger partial charge in [0.25, 0.3) is 0 Å². The van der Waals surface area contributed by atoms with E-state index in [1.807, 2.05) is 7.05 Å². The number of fused-ring (bicyclic) bond motifs is 1. The molecule has 2 heteroatoms. The fourth-order valence-electron chi connectivity index (χ4n) is 2.10. The van der Waals surface area contributed by atoms with E-state index >= 15 is 0 Å². The number of nitrogens with one attached hydrogen (secondary N) is 2. The third-order valence-corrected chi connectivity index (χ3v) is 2.64. The molecule has 0 saturated carbocycles. The van der Waals surface area contributed by atoms with Crippen LogP contribution in [0.3, 0.4) is 0 Å². The normalized spacial score (nSPS) is 21.3. The highest BCUT2D eigenvalue weighted by Crippen LogP contribution is 2.28. The number of aromatic amines is 1. The van der Waals surface area contributed by atoms with Gasteiger partial charge in [-0.2, -0.15) is 0 Å². The largest absolute Gasteiger partial charge is 0.364 e. The Kier molecular flexibility index (Phi) is 1.93. The van der Waals surface area contributed by atoms with Crippen LogP contribution in [0.15, 0.2) is 6.20 Å². The van der Waals surface area contributed by atoms with Gasteiger partial charge >= 0.3 is 0 Å². The van der Waals surface area contributed by atoms with E-state index in [1.54, 1.807) is 5.56 Å². The Morgan fingerprint density at radius 1 is 1.58 bits per heavy atom. The zero-order valence-electron chi connectivity index (χ0n) is 7.78. The van der Waals surface area contributed by atoms with Crippen LogP contribution in [0.1, 0.15) is 23.7 Å². The molecule has 12 heavy (non-hydrogen) atoms. The number of hydrogen-bond donors (Lipinski definition) is 2. The first-order valence-electron chi connectivity index (χ1n) is 4.64. The summed E-state index contributed by atoms with van der Waals surface area (Å²) >= 11 is 0. The molecule has 2 rings (SSSR count). The minimum Gasteiger partial charge on any atom is -0.364 e. The second-order valence-electron chi connectivity index (χ2n) is 3.81. The minimum absolute atomic E-state index is 0.836. The summed E-state index contributed by atoms with van der Waals surface area (Å²) in [5.41, 5.74) is 4.49. The first-order chi connectivity index (χ1) is 5.81. The molecule has 1 aliphatic rings. The van der Waals surface area contributed by atoms with Gasteiger partial charge in [0, 0.05) is 18.4 Å². The SMILES string of the molecule is CNCc1c[nH]c2c1CC(C)C2. The molecule has 66 valence electrons. The van der Waals surface area contributed by atoms with Crippen LogP contribution >= 0.6 is 0 Å². The summed E-state index contributed by atoms with van der Waals surface area (Å²) in [5.74, 6) is 0.836. The van der Waals surface area contributed by atoms with Crippen LogP contribution in [-0.2, 0) is 19.4 Å². The van der Waals surface area contributed by atoms with Gasteiger partial charge in [0.1, 0.15) is 0 Å². The van der Waals surface area contributed by atoms with Crippen LogP contribution < -0.4 is 5.32 Å². The van der Waals surface area contributed by atoms with Crippen molar-refractivity contribution in [3.63, 3.8) is 0 Å². The summed E-state index contributed by atoms with van der Waals surface area (Å²) in [5, 5.41) is 3.19. The fourth-order valence-corrected chi connectivity index (χ4v) is 2.10. The van der Waals surface area contributed by atoms with E-state index in [0.717, 1.165) is 12.5 Å². The summed E-state index contributed by atoms with van der Waals surface area (Å²) < 4.78 is 0. The average molecular weight is 164 g/mol. The van der Waals surface area contributed by atoms with Crippen molar-refractivity contribution >= 4 is 0 Å². The van der Waals surface area contributed by atoms with E-state index in [-0.39, 0.29) is 0 Å². The lowest BCUT2D eigenvalue weighted by Crippen LogP contribution is -2.06. The van der Waals surface area contributed by atoms with Crippen LogP contribution in [-0.4, -0.2) is 12.0 Å². The zero-order chi connectivity index (χ0) is 8.55. The van der Waals surface area contributed by atoms with Crippen LogP contribution in [0.4, 0.5) is 0 Å². The second-order valence-corrected chi connectivity index (χ2v) is 3.81. The Balaban J connectivity index is 2.24. The topological polar surface area (TPSA) is 27.8 Å². The first-order valence-corrected chi connectivity index (χ1v) is 4.64. The van der Waals surface area contributed by atoms with E-state index in [0.29, 0.717) is 0 Å². The molecular weight excluding hydrogens is 148 g/mol. The molecule has 0 aliphatic heterocycles. The molecule has 1 unspecified atom stereocenters. The Labute approximate surface area is 73.4 Å². The van der Waals surface area contributed by atoms with E-state index < -0.39 is 0 Å². The zero-order valence-corrected chi connectivity index (χ0v) is 7.78.